The van der Waals surface area contributed by atoms with Gasteiger partial charge in [-0.05, 0) is 13.3 Å². The van der Waals surface area contributed by atoms with Crippen LogP contribution >= 0.6 is 11.3 Å². The molecule has 5 nitrogen and oxygen atoms in total. The van der Waals surface area contributed by atoms with E-state index in [-0.39, 0.29) is 11.9 Å². The number of carbonyl (C=O) groups excluding carboxylic acids is 1. The zero-order valence-electron chi connectivity index (χ0n) is 10.1. The second-order valence-electron chi connectivity index (χ2n) is 3.95. The summed E-state index contributed by atoms with van der Waals surface area (Å²) in [4.78, 5) is 17.4. The molecule has 1 unspecified atom stereocenters. The van der Waals surface area contributed by atoms with Gasteiger partial charge in [-0.15, -0.1) is 11.3 Å². The van der Waals surface area contributed by atoms with Gasteiger partial charge in [-0.25, -0.2) is 4.98 Å². The average molecular weight is 255 g/mol. The van der Waals surface area contributed by atoms with Gasteiger partial charge in [-0.3, -0.25) is 4.79 Å². The van der Waals surface area contributed by atoms with Gasteiger partial charge in [0.1, 0.15) is 6.04 Å². The molecule has 1 aromatic rings. The van der Waals surface area contributed by atoms with Crippen molar-refractivity contribution in [3.8, 4) is 0 Å². The fraction of sp³-hybridized carbons (Fsp3) is 0.636. The van der Waals surface area contributed by atoms with Crippen LogP contribution in [0.1, 0.15) is 17.5 Å². The summed E-state index contributed by atoms with van der Waals surface area (Å²) in [7, 11) is 0. The summed E-state index contributed by atoms with van der Waals surface area (Å²) in [5.41, 5.74) is 1.05. The predicted octanol–water partition coefficient (Wildman–Crippen LogP) is 0.941. The predicted molar refractivity (Wildman–Crippen MR) is 67.5 cm³/mol. The number of aryl methyl sites for hydroxylation is 2. The Morgan fingerprint density at radius 1 is 1.71 bits per heavy atom. The first-order valence-corrected chi connectivity index (χ1v) is 6.60. The molecular formula is C11H17N3O2S. The minimum absolute atomic E-state index is 0.0684. The lowest BCUT2D eigenvalue weighted by Gasteiger charge is -2.22. The molecule has 1 saturated heterocycles. The molecule has 0 aliphatic carbocycles. The maximum absolute atomic E-state index is 11.9. The van der Waals surface area contributed by atoms with E-state index in [4.69, 9.17) is 4.74 Å². The zero-order chi connectivity index (χ0) is 12.3. The number of aromatic nitrogens is 1. The van der Waals surface area contributed by atoms with E-state index < -0.39 is 0 Å². The average Bonchev–Trinajstić information content (AvgIpc) is 2.70. The van der Waals surface area contributed by atoms with Crippen molar-refractivity contribution in [2.45, 2.75) is 26.3 Å². The third-order valence-corrected chi connectivity index (χ3v) is 3.62. The molecule has 0 bridgehead atoms. The highest BCUT2D eigenvalue weighted by atomic mass is 32.1. The van der Waals surface area contributed by atoms with Crippen molar-refractivity contribution in [2.75, 3.05) is 25.1 Å². The van der Waals surface area contributed by atoms with Crippen LogP contribution in [0.2, 0.25) is 0 Å². The van der Waals surface area contributed by atoms with Crippen LogP contribution in [0.5, 0.6) is 0 Å². The minimum atomic E-state index is -0.266. The maximum Gasteiger partial charge on any atom is 0.245 e. The number of ether oxygens (including phenoxy) is 1. The first-order chi connectivity index (χ1) is 8.20. The number of nitrogens with zero attached hydrogens (tertiary/aromatic N) is 1. The molecule has 17 heavy (non-hydrogen) atoms. The van der Waals surface area contributed by atoms with E-state index in [9.17, 15) is 4.79 Å². The van der Waals surface area contributed by atoms with E-state index in [0.29, 0.717) is 18.3 Å². The van der Waals surface area contributed by atoms with E-state index in [0.717, 1.165) is 23.5 Å². The molecule has 2 heterocycles. The van der Waals surface area contributed by atoms with Crippen molar-refractivity contribution >= 4 is 22.4 Å². The number of nitrogens with one attached hydrogen (secondary N) is 2. The third-order valence-electron chi connectivity index (χ3n) is 2.70. The molecule has 1 aliphatic rings. The van der Waals surface area contributed by atoms with E-state index in [1.165, 1.54) is 11.3 Å². The molecule has 1 aromatic heterocycles. The Labute approximate surface area is 105 Å². The molecule has 0 spiro atoms. The summed E-state index contributed by atoms with van der Waals surface area (Å²) in [5, 5.41) is 6.62. The highest BCUT2D eigenvalue weighted by molar-refractivity contribution is 7.15. The monoisotopic (exact) mass is 255 g/mol. The summed E-state index contributed by atoms with van der Waals surface area (Å²) in [6.07, 6.45) is 0.892. The van der Waals surface area contributed by atoms with Gasteiger partial charge >= 0.3 is 0 Å². The number of thiazole rings is 1. The molecule has 0 radical (unpaired) electrons. The Morgan fingerprint density at radius 2 is 2.53 bits per heavy atom. The van der Waals surface area contributed by atoms with Crippen LogP contribution in [0.4, 0.5) is 5.13 Å². The van der Waals surface area contributed by atoms with Crippen LogP contribution in [0.3, 0.4) is 0 Å². The molecule has 1 fully saturated rings. The van der Waals surface area contributed by atoms with E-state index >= 15 is 0 Å². The molecule has 2 rings (SSSR count). The summed E-state index contributed by atoms with van der Waals surface area (Å²) in [6.45, 7) is 5.89. The number of amides is 1. The third kappa shape index (κ3) is 3.02. The molecule has 0 saturated carbocycles. The summed E-state index contributed by atoms with van der Waals surface area (Å²) < 4.78 is 5.25. The Balaban J connectivity index is 1.97. The second-order valence-corrected chi connectivity index (χ2v) is 5.15. The van der Waals surface area contributed by atoms with Crippen molar-refractivity contribution in [3.05, 3.63) is 10.6 Å². The lowest BCUT2D eigenvalue weighted by atomic mass is 10.2. The highest BCUT2D eigenvalue weighted by Crippen LogP contribution is 2.22. The smallest absolute Gasteiger partial charge is 0.245 e. The van der Waals surface area contributed by atoms with Gasteiger partial charge in [0.15, 0.2) is 5.13 Å². The number of hydrogen-bond donors (Lipinski definition) is 2. The quantitative estimate of drug-likeness (QED) is 0.844. The summed E-state index contributed by atoms with van der Waals surface area (Å²) in [6, 6.07) is -0.266. The lowest BCUT2D eigenvalue weighted by molar-refractivity contribution is -0.120. The van der Waals surface area contributed by atoms with Gasteiger partial charge in [-0.2, -0.15) is 0 Å². The fourth-order valence-electron chi connectivity index (χ4n) is 1.74. The van der Waals surface area contributed by atoms with Crippen molar-refractivity contribution in [2.24, 2.45) is 0 Å². The molecule has 2 N–H and O–H groups in total. The standard InChI is InChI=1S/C11H17N3O2S/c1-3-8-7(2)17-11(13-8)14-10(15)9-6-16-5-4-12-9/h9,12H,3-6H2,1-2H3,(H,13,14,15). The Kier molecular flexibility index (Phi) is 4.09. The first-order valence-electron chi connectivity index (χ1n) is 5.79. The van der Waals surface area contributed by atoms with Crippen LogP contribution in [0.15, 0.2) is 0 Å². The first kappa shape index (κ1) is 12.5. The van der Waals surface area contributed by atoms with Crippen molar-refractivity contribution < 1.29 is 9.53 Å². The molecule has 6 heteroatoms. The molecule has 0 aromatic carbocycles. The van der Waals surface area contributed by atoms with Gasteiger partial charge in [0.2, 0.25) is 5.91 Å². The number of anilines is 1. The summed E-state index contributed by atoms with van der Waals surface area (Å²) in [5.74, 6) is -0.0684. The van der Waals surface area contributed by atoms with E-state index in [1.54, 1.807) is 0 Å². The van der Waals surface area contributed by atoms with Gasteiger partial charge in [-0.1, -0.05) is 6.92 Å². The molecule has 1 amide bonds. The van der Waals surface area contributed by atoms with Crippen LogP contribution < -0.4 is 10.6 Å². The summed E-state index contributed by atoms with van der Waals surface area (Å²) >= 11 is 1.52. The van der Waals surface area contributed by atoms with Gasteiger partial charge in [0.25, 0.3) is 0 Å². The van der Waals surface area contributed by atoms with Crippen LogP contribution in [-0.2, 0) is 16.0 Å². The second kappa shape index (κ2) is 5.57. The minimum Gasteiger partial charge on any atom is -0.378 e. The highest BCUT2D eigenvalue weighted by Gasteiger charge is 2.22. The van der Waals surface area contributed by atoms with Crippen LogP contribution in [0, 0.1) is 6.92 Å². The lowest BCUT2D eigenvalue weighted by Crippen LogP contribution is -2.48. The number of carbonyl (C=O) groups is 1. The number of hydrogen-bond acceptors (Lipinski definition) is 5. The SMILES string of the molecule is CCc1nc(NC(=O)C2COCCN2)sc1C. The van der Waals surface area contributed by atoms with Gasteiger partial charge in [0.05, 0.1) is 18.9 Å². The van der Waals surface area contributed by atoms with Crippen molar-refractivity contribution in [1.82, 2.24) is 10.3 Å². The Hall–Kier alpha value is -0.980. The number of morpholine rings is 1. The van der Waals surface area contributed by atoms with Crippen LogP contribution in [-0.4, -0.2) is 36.7 Å². The largest absolute Gasteiger partial charge is 0.378 e. The topological polar surface area (TPSA) is 63.2 Å². The van der Waals surface area contributed by atoms with Crippen molar-refractivity contribution in [1.29, 1.82) is 0 Å². The van der Waals surface area contributed by atoms with Crippen molar-refractivity contribution in [3.63, 3.8) is 0 Å². The Morgan fingerprint density at radius 3 is 3.12 bits per heavy atom. The van der Waals surface area contributed by atoms with E-state index in [2.05, 4.69) is 22.5 Å². The molecular weight excluding hydrogens is 238 g/mol. The van der Waals surface area contributed by atoms with Crippen LogP contribution in [0.25, 0.3) is 0 Å². The van der Waals surface area contributed by atoms with Gasteiger partial charge in [0, 0.05) is 11.4 Å². The zero-order valence-corrected chi connectivity index (χ0v) is 10.9. The van der Waals surface area contributed by atoms with Gasteiger partial charge < -0.3 is 15.4 Å². The normalized spacial score (nSPS) is 20.2. The molecule has 1 atom stereocenters. The molecule has 1 aliphatic heterocycles. The maximum atomic E-state index is 11.9. The fourth-order valence-corrected chi connectivity index (χ4v) is 2.64. The Bertz CT molecular complexity index is 399. The number of rotatable bonds is 3. The van der Waals surface area contributed by atoms with E-state index in [1.807, 2.05) is 6.92 Å². The molecule has 94 valence electrons.